The lowest BCUT2D eigenvalue weighted by atomic mass is 10.0. The number of benzene rings is 2. The van der Waals surface area contributed by atoms with Gasteiger partial charge in [0, 0.05) is 5.56 Å². The van der Waals surface area contributed by atoms with Gasteiger partial charge in [0.1, 0.15) is 0 Å². The second-order valence-corrected chi connectivity index (χ2v) is 5.43. The summed E-state index contributed by atoms with van der Waals surface area (Å²) >= 11 is 0. The van der Waals surface area contributed by atoms with Gasteiger partial charge in [0.15, 0.2) is 0 Å². The second kappa shape index (κ2) is 6.44. The van der Waals surface area contributed by atoms with E-state index in [0.29, 0.717) is 5.89 Å². The number of aryl methyl sites for hydroxylation is 2. The number of carbonyl (C=O) groups excluding carboxylic acids is 1. The van der Waals surface area contributed by atoms with Gasteiger partial charge < -0.3 is 4.42 Å². The Bertz CT molecular complexity index is 825. The maximum atomic E-state index is 12.2. The number of rotatable bonds is 4. The average Bonchev–Trinajstić information content (AvgIpc) is 3.00. The van der Waals surface area contributed by atoms with E-state index in [1.54, 1.807) is 0 Å². The minimum atomic E-state index is -0.179. The number of hydrogen-bond donors (Lipinski definition) is 1. The Morgan fingerprint density at radius 1 is 1.09 bits per heavy atom. The maximum Gasteiger partial charge on any atom is 0.322 e. The molecule has 0 unspecified atom stereocenters. The molecule has 1 heterocycles. The van der Waals surface area contributed by atoms with Crippen LogP contribution in [0.15, 0.2) is 52.9 Å². The van der Waals surface area contributed by atoms with Crippen LogP contribution in [0.1, 0.15) is 16.7 Å². The third kappa shape index (κ3) is 3.63. The predicted molar refractivity (Wildman–Crippen MR) is 88.0 cm³/mol. The van der Waals surface area contributed by atoms with Crippen LogP contribution in [0.25, 0.3) is 11.5 Å². The molecule has 2 aromatic carbocycles. The highest BCUT2D eigenvalue weighted by Crippen LogP contribution is 2.19. The lowest BCUT2D eigenvalue weighted by Crippen LogP contribution is -2.15. The van der Waals surface area contributed by atoms with Crippen molar-refractivity contribution in [1.29, 1.82) is 0 Å². The Balaban J connectivity index is 1.69. The summed E-state index contributed by atoms with van der Waals surface area (Å²) in [6, 6.07) is 15.6. The van der Waals surface area contributed by atoms with Crippen LogP contribution in [0.2, 0.25) is 0 Å². The van der Waals surface area contributed by atoms with Crippen molar-refractivity contribution in [1.82, 2.24) is 10.2 Å². The maximum absolute atomic E-state index is 12.2. The van der Waals surface area contributed by atoms with Crippen molar-refractivity contribution in [3.63, 3.8) is 0 Å². The monoisotopic (exact) mass is 307 g/mol. The Morgan fingerprint density at radius 2 is 1.87 bits per heavy atom. The van der Waals surface area contributed by atoms with Crippen LogP contribution in [0.4, 0.5) is 6.01 Å². The van der Waals surface area contributed by atoms with E-state index in [9.17, 15) is 4.79 Å². The lowest BCUT2D eigenvalue weighted by molar-refractivity contribution is -0.115. The van der Waals surface area contributed by atoms with Crippen LogP contribution >= 0.6 is 0 Å². The van der Waals surface area contributed by atoms with Crippen LogP contribution < -0.4 is 5.32 Å². The lowest BCUT2D eigenvalue weighted by Gasteiger charge is -2.06. The molecule has 0 radical (unpaired) electrons. The highest BCUT2D eigenvalue weighted by Gasteiger charge is 2.12. The van der Waals surface area contributed by atoms with E-state index in [1.165, 1.54) is 0 Å². The molecule has 23 heavy (non-hydrogen) atoms. The molecule has 0 spiro atoms. The Labute approximate surface area is 134 Å². The van der Waals surface area contributed by atoms with Gasteiger partial charge >= 0.3 is 6.01 Å². The summed E-state index contributed by atoms with van der Waals surface area (Å²) in [4.78, 5) is 12.2. The fourth-order valence-electron chi connectivity index (χ4n) is 2.30. The van der Waals surface area contributed by atoms with E-state index in [4.69, 9.17) is 4.42 Å². The first-order chi connectivity index (χ1) is 11.1. The van der Waals surface area contributed by atoms with Crippen molar-refractivity contribution in [2.75, 3.05) is 5.32 Å². The molecule has 1 N–H and O–H groups in total. The third-order valence-corrected chi connectivity index (χ3v) is 3.55. The van der Waals surface area contributed by atoms with Crippen molar-refractivity contribution >= 4 is 11.9 Å². The Hall–Kier alpha value is -2.95. The van der Waals surface area contributed by atoms with E-state index in [-0.39, 0.29) is 18.3 Å². The Morgan fingerprint density at radius 3 is 2.65 bits per heavy atom. The van der Waals surface area contributed by atoms with Crippen LogP contribution in [0.3, 0.4) is 0 Å². The molecular formula is C18H17N3O2. The molecule has 0 fully saturated rings. The highest BCUT2D eigenvalue weighted by atomic mass is 16.4. The van der Waals surface area contributed by atoms with E-state index >= 15 is 0 Å². The minimum absolute atomic E-state index is 0.110. The molecule has 0 saturated heterocycles. The molecule has 0 aliphatic rings. The zero-order chi connectivity index (χ0) is 16.2. The van der Waals surface area contributed by atoms with Crippen molar-refractivity contribution < 1.29 is 9.21 Å². The second-order valence-electron chi connectivity index (χ2n) is 5.43. The van der Waals surface area contributed by atoms with Gasteiger partial charge in [-0.3, -0.25) is 10.1 Å². The van der Waals surface area contributed by atoms with Crippen molar-refractivity contribution in [2.24, 2.45) is 0 Å². The number of aromatic nitrogens is 2. The van der Waals surface area contributed by atoms with Gasteiger partial charge in [0.25, 0.3) is 0 Å². The number of nitrogens with zero attached hydrogens (tertiary/aromatic N) is 2. The van der Waals surface area contributed by atoms with E-state index < -0.39 is 0 Å². The third-order valence-electron chi connectivity index (χ3n) is 3.55. The summed E-state index contributed by atoms with van der Waals surface area (Å²) in [6.07, 6.45) is 0.274. The van der Waals surface area contributed by atoms with Gasteiger partial charge in [-0.05, 0) is 37.1 Å². The largest absolute Gasteiger partial charge is 0.403 e. The van der Waals surface area contributed by atoms with E-state index in [1.807, 2.05) is 62.4 Å². The number of anilines is 1. The molecule has 0 aliphatic carbocycles. The van der Waals surface area contributed by atoms with Gasteiger partial charge in [-0.25, -0.2) is 0 Å². The predicted octanol–water partition coefficient (Wildman–Crippen LogP) is 3.53. The normalized spacial score (nSPS) is 10.5. The molecule has 3 rings (SSSR count). The summed E-state index contributed by atoms with van der Waals surface area (Å²) in [5.74, 6) is 0.203. The van der Waals surface area contributed by atoms with Crippen LogP contribution in [-0.4, -0.2) is 16.1 Å². The molecule has 0 saturated carbocycles. The molecular weight excluding hydrogens is 290 g/mol. The quantitative estimate of drug-likeness (QED) is 0.800. The summed E-state index contributed by atoms with van der Waals surface area (Å²) in [5.41, 5.74) is 4.02. The fraction of sp³-hybridized carbons (Fsp3) is 0.167. The topological polar surface area (TPSA) is 68.0 Å². The van der Waals surface area contributed by atoms with Gasteiger partial charge in [0.05, 0.1) is 6.42 Å². The van der Waals surface area contributed by atoms with Crippen molar-refractivity contribution in [2.45, 2.75) is 20.3 Å². The average molecular weight is 307 g/mol. The van der Waals surface area contributed by atoms with Crippen LogP contribution in [0.5, 0.6) is 0 Å². The highest BCUT2D eigenvalue weighted by molar-refractivity contribution is 5.90. The van der Waals surface area contributed by atoms with Gasteiger partial charge in [-0.1, -0.05) is 47.1 Å². The SMILES string of the molecule is Cc1ccc(C)c(CC(=O)Nc2nnc(-c3ccccc3)o2)c1. The molecule has 5 nitrogen and oxygen atoms in total. The number of amides is 1. The van der Waals surface area contributed by atoms with Crippen molar-refractivity contribution in [3.05, 3.63) is 65.2 Å². The summed E-state index contributed by atoms with van der Waals surface area (Å²) < 4.78 is 5.48. The molecule has 5 heteroatoms. The first kappa shape index (κ1) is 15.0. The number of carbonyl (C=O) groups is 1. The first-order valence-electron chi connectivity index (χ1n) is 7.37. The van der Waals surface area contributed by atoms with Crippen molar-refractivity contribution in [3.8, 4) is 11.5 Å². The van der Waals surface area contributed by atoms with E-state index in [0.717, 1.165) is 22.3 Å². The van der Waals surface area contributed by atoms with Gasteiger partial charge in [0.2, 0.25) is 11.8 Å². The molecule has 0 aliphatic heterocycles. The van der Waals surface area contributed by atoms with E-state index in [2.05, 4.69) is 15.5 Å². The summed E-state index contributed by atoms with van der Waals surface area (Å²) in [7, 11) is 0. The molecule has 1 aromatic heterocycles. The number of hydrogen-bond acceptors (Lipinski definition) is 4. The van der Waals surface area contributed by atoms with Crippen LogP contribution in [0, 0.1) is 13.8 Å². The zero-order valence-electron chi connectivity index (χ0n) is 13.0. The first-order valence-corrected chi connectivity index (χ1v) is 7.37. The van der Waals surface area contributed by atoms with Gasteiger partial charge in [-0.2, -0.15) is 0 Å². The fourth-order valence-corrected chi connectivity index (χ4v) is 2.30. The zero-order valence-corrected chi connectivity index (χ0v) is 13.0. The van der Waals surface area contributed by atoms with Gasteiger partial charge in [-0.15, -0.1) is 5.10 Å². The standard InChI is InChI=1S/C18H17N3O2/c1-12-8-9-13(2)15(10-12)11-16(22)19-18-21-20-17(23-18)14-6-4-3-5-7-14/h3-10H,11H2,1-2H3,(H,19,21,22). The molecule has 1 amide bonds. The Kier molecular flexibility index (Phi) is 4.19. The van der Waals surface area contributed by atoms with Crippen LogP contribution in [-0.2, 0) is 11.2 Å². The molecule has 3 aromatic rings. The molecule has 0 bridgehead atoms. The molecule has 0 atom stereocenters. The number of nitrogens with one attached hydrogen (secondary N) is 1. The summed E-state index contributed by atoms with van der Waals surface area (Å²) in [5, 5.41) is 10.5. The summed E-state index contributed by atoms with van der Waals surface area (Å²) in [6.45, 7) is 3.99. The minimum Gasteiger partial charge on any atom is -0.403 e. The molecule has 116 valence electrons. The smallest absolute Gasteiger partial charge is 0.322 e.